The van der Waals surface area contributed by atoms with E-state index in [0.29, 0.717) is 6.04 Å². The lowest BCUT2D eigenvalue weighted by molar-refractivity contribution is 0.145. The summed E-state index contributed by atoms with van der Waals surface area (Å²) in [4.78, 5) is 2.61. The first-order valence-corrected chi connectivity index (χ1v) is 8.19. The smallest absolute Gasteiger partial charge is 0.0764 e. The van der Waals surface area contributed by atoms with Gasteiger partial charge in [-0.05, 0) is 45.7 Å². The molecule has 1 saturated carbocycles. The molecule has 20 heavy (non-hydrogen) atoms. The van der Waals surface area contributed by atoms with E-state index in [4.69, 9.17) is 10.8 Å². The van der Waals surface area contributed by atoms with Gasteiger partial charge in [0.25, 0.3) is 0 Å². The Hall–Kier alpha value is -0.870. The Kier molecular flexibility index (Phi) is 6.05. The van der Waals surface area contributed by atoms with E-state index < -0.39 is 0 Å². The van der Waals surface area contributed by atoms with Gasteiger partial charge in [0.05, 0.1) is 5.69 Å². The molecule has 0 aromatic carbocycles. The second-order valence-electron chi connectivity index (χ2n) is 6.29. The molecule has 0 saturated heterocycles. The van der Waals surface area contributed by atoms with Gasteiger partial charge in [-0.25, -0.2) is 0 Å². The van der Waals surface area contributed by atoms with Crippen molar-refractivity contribution in [1.29, 1.82) is 0 Å². The van der Waals surface area contributed by atoms with Gasteiger partial charge >= 0.3 is 0 Å². The van der Waals surface area contributed by atoms with E-state index >= 15 is 0 Å². The molecule has 0 amide bonds. The van der Waals surface area contributed by atoms with E-state index in [1.54, 1.807) is 0 Å². The Bertz CT molecular complexity index is 380. The lowest BCUT2D eigenvalue weighted by Gasteiger charge is -2.33. The zero-order valence-corrected chi connectivity index (χ0v) is 13.1. The summed E-state index contributed by atoms with van der Waals surface area (Å²) in [5, 5.41) is 4.70. The van der Waals surface area contributed by atoms with Crippen LogP contribution in [-0.2, 0) is 6.54 Å². The van der Waals surface area contributed by atoms with Crippen molar-refractivity contribution in [1.82, 2.24) is 14.7 Å². The molecule has 1 fully saturated rings. The number of aromatic nitrogens is 2. The number of nitrogens with two attached hydrogens (primary N) is 1. The van der Waals surface area contributed by atoms with Crippen molar-refractivity contribution in [3.05, 3.63) is 18.0 Å². The molecule has 2 N–H and O–H groups in total. The maximum atomic E-state index is 5.70. The van der Waals surface area contributed by atoms with Crippen molar-refractivity contribution >= 4 is 0 Å². The van der Waals surface area contributed by atoms with Gasteiger partial charge in [0.15, 0.2) is 0 Å². The molecule has 1 aliphatic rings. The van der Waals surface area contributed by atoms with Gasteiger partial charge < -0.3 is 5.73 Å². The van der Waals surface area contributed by atoms with Crippen molar-refractivity contribution in [3.63, 3.8) is 0 Å². The Morgan fingerprint density at radius 1 is 1.35 bits per heavy atom. The van der Waals surface area contributed by atoms with E-state index in [0.717, 1.165) is 32.1 Å². The molecular formula is C16H30N4. The third-order valence-corrected chi connectivity index (χ3v) is 4.30. The maximum Gasteiger partial charge on any atom is 0.0764 e. The van der Waals surface area contributed by atoms with Crippen LogP contribution >= 0.6 is 0 Å². The van der Waals surface area contributed by atoms with E-state index in [1.807, 2.05) is 0 Å². The van der Waals surface area contributed by atoms with E-state index in [-0.39, 0.29) is 0 Å². The number of nitrogens with zero attached hydrogens (tertiary/aromatic N) is 3. The fraction of sp³-hybridized carbons (Fsp3) is 0.812. The van der Waals surface area contributed by atoms with Gasteiger partial charge in [-0.3, -0.25) is 9.58 Å². The Morgan fingerprint density at radius 2 is 2.10 bits per heavy atom. The summed E-state index contributed by atoms with van der Waals surface area (Å²) in [5.41, 5.74) is 6.89. The molecule has 1 aliphatic carbocycles. The average molecular weight is 278 g/mol. The lowest BCUT2D eigenvalue weighted by atomic mass is 9.94. The predicted octanol–water partition coefficient (Wildman–Crippen LogP) is 2.95. The molecule has 0 radical (unpaired) electrons. The minimum atomic E-state index is 0.441. The minimum absolute atomic E-state index is 0.441. The van der Waals surface area contributed by atoms with Crippen LogP contribution in [0, 0.1) is 0 Å². The van der Waals surface area contributed by atoms with Crippen LogP contribution in [0.5, 0.6) is 0 Å². The van der Waals surface area contributed by atoms with Gasteiger partial charge in [-0.15, -0.1) is 0 Å². The summed E-state index contributed by atoms with van der Waals surface area (Å²) < 4.78 is 2.05. The molecule has 114 valence electrons. The van der Waals surface area contributed by atoms with Crippen molar-refractivity contribution in [2.45, 2.75) is 71.0 Å². The largest absolute Gasteiger partial charge is 0.330 e. The van der Waals surface area contributed by atoms with Gasteiger partial charge in [0.2, 0.25) is 0 Å². The van der Waals surface area contributed by atoms with Crippen LogP contribution in [-0.4, -0.2) is 33.8 Å². The van der Waals surface area contributed by atoms with Crippen molar-refractivity contribution in [2.75, 3.05) is 13.1 Å². The number of rotatable bonds is 7. The molecule has 0 spiro atoms. The summed E-state index contributed by atoms with van der Waals surface area (Å²) >= 11 is 0. The molecule has 1 aromatic rings. The second-order valence-corrected chi connectivity index (χ2v) is 6.29. The quantitative estimate of drug-likeness (QED) is 0.834. The molecule has 0 bridgehead atoms. The third-order valence-electron chi connectivity index (χ3n) is 4.30. The Balaban J connectivity index is 1.97. The summed E-state index contributed by atoms with van der Waals surface area (Å²) in [6.07, 6.45) is 10.0. The molecule has 0 atom stereocenters. The van der Waals surface area contributed by atoms with Crippen LogP contribution in [0.1, 0.15) is 64.1 Å². The van der Waals surface area contributed by atoms with Crippen LogP contribution in [0.25, 0.3) is 0 Å². The van der Waals surface area contributed by atoms with Gasteiger partial charge in [-0.1, -0.05) is 19.3 Å². The number of hydrogen-bond acceptors (Lipinski definition) is 3. The number of hydrogen-bond donors (Lipinski definition) is 1. The first-order valence-electron chi connectivity index (χ1n) is 8.19. The first kappa shape index (κ1) is 15.5. The molecule has 1 heterocycles. The molecule has 1 aromatic heterocycles. The molecule has 0 aliphatic heterocycles. The minimum Gasteiger partial charge on any atom is -0.330 e. The Labute approximate surface area is 123 Å². The highest BCUT2D eigenvalue weighted by molar-refractivity contribution is 5.00. The summed E-state index contributed by atoms with van der Waals surface area (Å²) in [5.74, 6) is 0. The van der Waals surface area contributed by atoms with Crippen LogP contribution in [0.15, 0.2) is 12.3 Å². The Morgan fingerprint density at radius 3 is 2.70 bits per heavy atom. The highest BCUT2D eigenvalue weighted by Gasteiger charge is 2.21. The summed E-state index contributed by atoms with van der Waals surface area (Å²) in [6.45, 7) is 7.21. The monoisotopic (exact) mass is 278 g/mol. The van der Waals surface area contributed by atoms with Gasteiger partial charge in [-0.2, -0.15) is 5.10 Å². The van der Waals surface area contributed by atoms with Crippen molar-refractivity contribution in [3.8, 4) is 0 Å². The third kappa shape index (κ3) is 4.32. The normalized spacial score (nSPS) is 17.2. The van der Waals surface area contributed by atoms with Crippen LogP contribution in [0.2, 0.25) is 0 Å². The summed E-state index contributed by atoms with van der Waals surface area (Å²) in [7, 11) is 0. The van der Waals surface area contributed by atoms with E-state index in [1.165, 1.54) is 37.8 Å². The van der Waals surface area contributed by atoms with E-state index in [2.05, 4.69) is 35.7 Å². The lowest BCUT2D eigenvalue weighted by Crippen LogP contribution is -2.37. The second kappa shape index (κ2) is 7.79. The zero-order valence-electron chi connectivity index (χ0n) is 13.1. The molecule has 2 rings (SSSR count). The molecular weight excluding hydrogens is 248 g/mol. The van der Waals surface area contributed by atoms with Crippen LogP contribution < -0.4 is 5.73 Å². The highest BCUT2D eigenvalue weighted by Crippen LogP contribution is 2.24. The van der Waals surface area contributed by atoms with Crippen LogP contribution in [0.3, 0.4) is 0 Å². The zero-order chi connectivity index (χ0) is 14.4. The predicted molar refractivity (Wildman–Crippen MR) is 83.6 cm³/mol. The SMILES string of the molecule is CC(C)n1ccc(CN(CCCN)C2CCCCC2)n1. The maximum absolute atomic E-state index is 5.70. The topological polar surface area (TPSA) is 47.1 Å². The fourth-order valence-corrected chi connectivity index (χ4v) is 3.09. The highest BCUT2D eigenvalue weighted by atomic mass is 15.3. The fourth-order valence-electron chi connectivity index (χ4n) is 3.09. The van der Waals surface area contributed by atoms with Crippen LogP contribution in [0.4, 0.5) is 0 Å². The summed E-state index contributed by atoms with van der Waals surface area (Å²) in [6, 6.07) is 3.34. The van der Waals surface area contributed by atoms with Crippen molar-refractivity contribution < 1.29 is 0 Å². The molecule has 4 heteroatoms. The average Bonchev–Trinajstić information content (AvgIpc) is 2.93. The molecule has 4 nitrogen and oxygen atoms in total. The molecule has 0 unspecified atom stereocenters. The van der Waals surface area contributed by atoms with Gasteiger partial charge in [0, 0.05) is 31.4 Å². The van der Waals surface area contributed by atoms with Gasteiger partial charge in [0.1, 0.15) is 0 Å². The van der Waals surface area contributed by atoms with E-state index in [9.17, 15) is 0 Å². The first-order chi connectivity index (χ1) is 9.70. The standard InChI is InChI=1S/C16H30N4/c1-14(2)20-12-9-15(18-20)13-19(11-6-10-17)16-7-4-3-5-8-16/h9,12,14,16H,3-8,10-11,13,17H2,1-2H3. The van der Waals surface area contributed by atoms with Crippen molar-refractivity contribution in [2.24, 2.45) is 5.73 Å².